The molecule has 4 nitrogen and oxygen atoms in total. The molecule has 1 fully saturated rings. The van der Waals surface area contributed by atoms with Crippen molar-refractivity contribution in [2.24, 2.45) is 0 Å². The van der Waals surface area contributed by atoms with Crippen LogP contribution in [0.5, 0.6) is 0 Å². The third-order valence-corrected chi connectivity index (χ3v) is 2.47. The van der Waals surface area contributed by atoms with Crippen molar-refractivity contribution in [1.29, 1.82) is 0 Å². The molecule has 1 aliphatic rings. The molecule has 15 heavy (non-hydrogen) atoms. The van der Waals surface area contributed by atoms with E-state index < -0.39 is 0 Å². The van der Waals surface area contributed by atoms with Gasteiger partial charge in [0, 0.05) is 11.3 Å². The number of carbonyl (C=O) groups is 1. The molecule has 2 N–H and O–H groups in total. The van der Waals surface area contributed by atoms with Gasteiger partial charge in [0.2, 0.25) is 0 Å². The van der Waals surface area contributed by atoms with E-state index in [1.807, 2.05) is 13.0 Å². The number of anilines is 1. The molecule has 2 rings (SSSR count). The summed E-state index contributed by atoms with van der Waals surface area (Å²) in [5, 5.41) is 1.40. The predicted molar refractivity (Wildman–Crippen MR) is 57.2 cm³/mol. The zero-order valence-electron chi connectivity index (χ0n) is 8.69. The van der Waals surface area contributed by atoms with Crippen LogP contribution in [-0.2, 0) is 4.84 Å². The van der Waals surface area contributed by atoms with Crippen molar-refractivity contribution in [2.45, 2.75) is 13.3 Å². The third-order valence-electron chi connectivity index (χ3n) is 2.47. The molecule has 0 aromatic heterocycles. The molecule has 1 amide bonds. The number of hydroxylamine groups is 2. The Morgan fingerprint density at radius 1 is 1.53 bits per heavy atom. The lowest BCUT2D eigenvalue weighted by Crippen LogP contribution is -2.27. The minimum absolute atomic E-state index is 0.0997. The first-order valence-corrected chi connectivity index (χ1v) is 4.99. The summed E-state index contributed by atoms with van der Waals surface area (Å²) >= 11 is 0. The molecule has 0 saturated carbocycles. The molecule has 80 valence electrons. The molecule has 0 atom stereocenters. The molecule has 4 heteroatoms. The van der Waals surface area contributed by atoms with Crippen LogP contribution < -0.4 is 5.73 Å². The normalized spacial score (nSPS) is 15.7. The van der Waals surface area contributed by atoms with E-state index in [1.165, 1.54) is 5.06 Å². The van der Waals surface area contributed by atoms with E-state index in [0.717, 1.165) is 12.0 Å². The predicted octanol–water partition coefficient (Wildman–Crippen LogP) is 1.35. The Labute approximate surface area is 88.6 Å². The lowest BCUT2D eigenvalue weighted by Gasteiger charge is -2.15. The van der Waals surface area contributed by atoms with Crippen LogP contribution in [0.1, 0.15) is 22.3 Å². The topological polar surface area (TPSA) is 55.6 Å². The molecule has 1 aromatic rings. The Bertz CT molecular complexity index is 384. The first-order valence-electron chi connectivity index (χ1n) is 4.99. The lowest BCUT2D eigenvalue weighted by atomic mass is 10.1. The fourth-order valence-electron chi connectivity index (χ4n) is 1.61. The standard InChI is InChI=1S/C11H14N2O2/c1-8-3-4-9(12)7-10(8)11(14)13-5-2-6-15-13/h3-4,7H,2,5-6,12H2,1H3. The van der Waals surface area contributed by atoms with Crippen molar-refractivity contribution in [3.05, 3.63) is 29.3 Å². The Balaban J connectivity index is 2.27. The monoisotopic (exact) mass is 206 g/mol. The van der Waals surface area contributed by atoms with Crippen molar-refractivity contribution in [3.8, 4) is 0 Å². The Hall–Kier alpha value is -1.55. The van der Waals surface area contributed by atoms with Gasteiger partial charge in [-0.05, 0) is 31.0 Å². The van der Waals surface area contributed by atoms with Gasteiger partial charge in [-0.15, -0.1) is 0 Å². The first-order chi connectivity index (χ1) is 7.18. The Morgan fingerprint density at radius 2 is 2.33 bits per heavy atom. The van der Waals surface area contributed by atoms with Gasteiger partial charge < -0.3 is 5.73 Å². The highest BCUT2D eigenvalue weighted by atomic mass is 16.7. The maximum absolute atomic E-state index is 12.0. The van der Waals surface area contributed by atoms with Gasteiger partial charge in [-0.2, -0.15) is 0 Å². The summed E-state index contributed by atoms with van der Waals surface area (Å²) in [5.74, 6) is -0.0997. The summed E-state index contributed by atoms with van der Waals surface area (Å²) in [7, 11) is 0. The summed E-state index contributed by atoms with van der Waals surface area (Å²) in [6.07, 6.45) is 0.896. The third kappa shape index (κ3) is 1.94. The average Bonchev–Trinajstić information content (AvgIpc) is 2.74. The minimum atomic E-state index is -0.0997. The quantitative estimate of drug-likeness (QED) is 0.706. The minimum Gasteiger partial charge on any atom is -0.399 e. The fourth-order valence-corrected chi connectivity index (χ4v) is 1.61. The number of hydrogen-bond donors (Lipinski definition) is 1. The molecule has 1 heterocycles. The lowest BCUT2D eigenvalue weighted by molar-refractivity contribution is -0.0768. The SMILES string of the molecule is Cc1ccc(N)cc1C(=O)N1CCCO1. The highest BCUT2D eigenvalue weighted by Crippen LogP contribution is 2.17. The van der Waals surface area contributed by atoms with Gasteiger partial charge in [0.1, 0.15) is 0 Å². The van der Waals surface area contributed by atoms with Crippen molar-refractivity contribution in [2.75, 3.05) is 18.9 Å². The van der Waals surface area contributed by atoms with Gasteiger partial charge in [-0.3, -0.25) is 9.63 Å². The molecule has 1 saturated heterocycles. The molecule has 0 radical (unpaired) electrons. The number of hydrogen-bond acceptors (Lipinski definition) is 3. The van der Waals surface area contributed by atoms with E-state index in [4.69, 9.17) is 10.6 Å². The van der Waals surface area contributed by atoms with Crippen molar-refractivity contribution >= 4 is 11.6 Å². The van der Waals surface area contributed by atoms with E-state index in [0.29, 0.717) is 24.4 Å². The number of nitrogen functional groups attached to an aromatic ring is 1. The van der Waals surface area contributed by atoms with Gasteiger partial charge in [0.15, 0.2) is 0 Å². The first kappa shape index (κ1) is 9.98. The molecule has 1 aliphatic heterocycles. The van der Waals surface area contributed by atoms with Crippen LogP contribution in [0.4, 0.5) is 5.69 Å². The zero-order chi connectivity index (χ0) is 10.8. The van der Waals surface area contributed by atoms with Crippen LogP contribution in [0.2, 0.25) is 0 Å². The summed E-state index contributed by atoms with van der Waals surface area (Å²) in [4.78, 5) is 17.2. The van der Waals surface area contributed by atoms with E-state index in [2.05, 4.69) is 0 Å². The highest BCUT2D eigenvalue weighted by Gasteiger charge is 2.22. The largest absolute Gasteiger partial charge is 0.399 e. The van der Waals surface area contributed by atoms with Gasteiger partial charge >= 0.3 is 0 Å². The number of nitrogens with two attached hydrogens (primary N) is 1. The second-order valence-electron chi connectivity index (χ2n) is 3.67. The maximum Gasteiger partial charge on any atom is 0.277 e. The Kier molecular flexibility index (Phi) is 2.60. The number of rotatable bonds is 1. The van der Waals surface area contributed by atoms with E-state index in [9.17, 15) is 4.79 Å². The van der Waals surface area contributed by atoms with Crippen LogP contribution in [0.3, 0.4) is 0 Å². The molecule has 0 spiro atoms. The van der Waals surface area contributed by atoms with Crippen molar-refractivity contribution in [3.63, 3.8) is 0 Å². The molecular formula is C11H14N2O2. The van der Waals surface area contributed by atoms with Gasteiger partial charge in [0.05, 0.1) is 13.2 Å². The molecule has 0 unspecified atom stereocenters. The van der Waals surface area contributed by atoms with E-state index >= 15 is 0 Å². The second-order valence-corrected chi connectivity index (χ2v) is 3.67. The van der Waals surface area contributed by atoms with E-state index in [-0.39, 0.29) is 5.91 Å². The number of benzene rings is 1. The van der Waals surface area contributed by atoms with Gasteiger partial charge in [0.25, 0.3) is 5.91 Å². The summed E-state index contributed by atoms with van der Waals surface area (Å²) < 4.78 is 0. The summed E-state index contributed by atoms with van der Waals surface area (Å²) in [6, 6.07) is 5.33. The summed E-state index contributed by atoms with van der Waals surface area (Å²) in [6.45, 7) is 3.17. The van der Waals surface area contributed by atoms with Gasteiger partial charge in [-0.25, -0.2) is 5.06 Å². The zero-order valence-corrected chi connectivity index (χ0v) is 8.69. The second kappa shape index (κ2) is 3.90. The van der Waals surface area contributed by atoms with Crippen molar-refractivity contribution in [1.82, 2.24) is 5.06 Å². The maximum atomic E-state index is 12.0. The van der Waals surface area contributed by atoms with Crippen LogP contribution >= 0.6 is 0 Å². The molecule has 0 aliphatic carbocycles. The summed E-state index contributed by atoms with van der Waals surface area (Å²) in [5.41, 5.74) is 7.80. The van der Waals surface area contributed by atoms with E-state index in [1.54, 1.807) is 12.1 Å². The number of carbonyl (C=O) groups excluding carboxylic acids is 1. The average molecular weight is 206 g/mol. The van der Waals surface area contributed by atoms with Crippen LogP contribution in [-0.4, -0.2) is 24.1 Å². The number of nitrogens with zero attached hydrogens (tertiary/aromatic N) is 1. The van der Waals surface area contributed by atoms with Crippen molar-refractivity contribution < 1.29 is 9.63 Å². The van der Waals surface area contributed by atoms with Gasteiger partial charge in [-0.1, -0.05) is 6.07 Å². The fraction of sp³-hybridized carbons (Fsp3) is 0.364. The van der Waals surface area contributed by atoms with Crippen LogP contribution in [0.25, 0.3) is 0 Å². The Morgan fingerprint density at radius 3 is 3.00 bits per heavy atom. The number of amides is 1. The van der Waals surface area contributed by atoms with Crippen LogP contribution in [0, 0.1) is 6.92 Å². The highest BCUT2D eigenvalue weighted by molar-refractivity contribution is 5.95. The molecule has 0 bridgehead atoms. The molecule has 1 aromatic carbocycles. The van der Waals surface area contributed by atoms with Crippen LogP contribution in [0.15, 0.2) is 18.2 Å². The smallest absolute Gasteiger partial charge is 0.277 e. The number of aryl methyl sites for hydroxylation is 1. The molecular weight excluding hydrogens is 192 g/mol.